The number of hydrogen-bond donors (Lipinski definition) is 2. The highest BCUT2D eigenvalue weighted by atomic mass is 32.1. The Morgan fingerprint density at radius 3 is 2.81 bits per heavy atom. The van der Waals surface area contributed by atoms with Gasteiger partial charge in [-0.3, -0.25) is 0 Å². The van der Waals surface area contributed by atoms with Crippen molar-refractivity contribution >= 4 is 57.2 Å². The molecule has 0 radical (unpaired) electrons. The number of anilines is 2. The first-order valence-corrected chi connectivity index (χ1v) is 11.6. The Balaban J connectivity index is 1.76. The number of benzene rings is 2. The SMILES string of the molecule is CP(C)c1cc2c(Nc3ccc4scnc4c3)ncnc2cc1OCCO. The number of thiazole rings is 1. The van der Waals surface area contributed by atoms with Crippen molar-refractivity contribution in [3.63, 3.8) is 0 Å². The predicted octanol–water partition coefficient (Wildman–Crippen LogP) is 3.72. The molecule has 27 heavy (non-hydrogen) atoms. The average Bonchev–Trinajstić information content (AvgIpc) is 3.13. The van der Waals surface area contributed by atoms with Crippen LogP contribution in [0.1, 0.15) is 0 Å². The maximum Gasteiger partial charge on any atom is 0.141 e. The molecule has 0 saturated carbocycles. The molecular formula is C19H19N4O2PS. The fraction of sp³-hybridized carbons (Fsp3) is 0.211. The van der Waals surface area contributed by atoms with Crippen molar-refractivity contribution in [3.05, 3.63) is 42.2 Å². The van der Waals surface area contributed by atoms with Crippen LogP contribution in [0.3, 0.4) is 0 Å². The number of rotatable bonds is 6. The summed E-state index contributed by atoms with van der Waals surface area (Å²) >= 11 is 1.62. The third kappa shape index (κ3) is 3.72. The smallest absolute Gasteiger partial charge is 0.141 e. The first-order valence-electron chi connectivity index (χ1n) is 8.46. The molecular weight excluding hydrogens is 379 g/mol. The Morgan fingerprint density at radius 1 is 1.11 bits per heavy atom. The zero-order chi connectivity index (χ0) is 18.8. The fourth-order valence-electron chi connectivity index (χ4n) is 2.87. The van der Waals surface area contributed by atoms with E-state index >= 15 is 0 Å². The summed E-state index contributed by atoms with van der Waals surface area (Å²) in [5.74, 6) is 1.53. The van der Waals surface area contributed by atoms with Gasteiger partial charge in [-0.25, -0.2) is 15.0 Å². The van der Waals surface area contributed by atoms with Gasteiger partial charge in [0.1, 0.15) is 24.5 Å². The van der Waals surface area contributed by atoms with Crippen LogP contribution < -0.4 is 15.4 Å². The molecule has 0 amide bonds. The molecule has 138 valence electrons. The molecule has 0 fully saturated rings. The van der Waals surface area contributed by atoms with Crippen LogP contribution in [0.4, 0.5) is 11.5 Å². The van der Waals surface area contributed by atoms with Crippen molar-refractivity contribution < 1.29 is 9.84 Å². The topological polar surface area (TPSA) is 80.2 Å². The van der Waals surface area contributed by atoms with Gasteiger partial charge in [0.15, 0.2) is 0 Å². The van der Waals surface area contributed by atoms with E-state index in [4.69, 9.17) is 9.84 Å². The lowest BCUT2D eigenvalue weighted by Gasteiger charge is -2.16. The zero-order valence-corrected chi connectivity index (χ0v) is 16.7. The molecule has 0 saturated heterocycles. The van der Waals surface area contributed by atoms with Crippen molar-refractivity contribution in [2.45, 2.75) is 0 Å². The molecule has 2 aromatic carbocycles. The lowest BCUT2D eigenvalue weighted by atomic mass is 10.2. The maximum atomic E-state index is 9.08. The largest absolute Gasteiger partial charge is 0.490 e. The molecule has 2 heterocycles. The summed E-state index contributed by atoms with van der Waals surface area (Å²) in [6.07, 6.45) is 1.54. The summed E-state index contributed by atoms with van der Waals surface area (Å²) in [6, 6.07) is 10.1. The number of aliphatic hydroxyl groups is 1. The number of aliphatic hydroxyl groups excluding tert-OH is 1. The molecule has 2 N–H and O–H groups in total. The summed E-state index contributed by atoms with van der Waals surface area (Å²) in [7, 11) is -0.393. The van der Waals surface area contributed by atoms with E-state index in [1.165, 1.54) is 0 Å². The van der Waals surface area contributed by atoms with Crippen LogP contribution in [0.5, 0.6) is 5.75 Å². The number of nitrogens with one attached hydrogen (secondary N) is 1. The summed E-state index contributed by atoms with van der Waals surface area (Å²) in [5, 5.41) is 14.5. The van der Waals surface area contributed by atoms with Crippen LogP contribution in [0.25, 0.3) is 21.1 Å². The Kier molecular flexibility index (Phi) is 5.16. The van der Waals surface area contributed by atoms with Crippen molar-refractivity contribution in [3.8, 4) is 5.75 Å². The van der Waals surface area contributed by atoms with Gasteiger partial charge in [0.25, 0.3) is 0 Å². The van der Waals surface area contributed by atoms with Gasteiger partial charge < -0.3 is 15.2 Å². The summed E-state index contributed by atoms with van der Waals surface area (Å²) in [6.45, 7) is 4.61. The molecule has 0 aliphatic rings. The van der Waals surface area contributed by atoms with Gasteiger partial charge in [-0.05, 0) is 37.6 Å². The molecule has 6 nitrogen and oxygen atoms in total. The van der Waals surface area contributed by atoms with E-state index in [1.54, 1.807) is 17.7 Å². The fourth-order valence-corrected chi connectivity index (χ4v) is 4.48. The number of ether oxygens (including phenoxy) is 1. The average molecular weight is 398 g/mol. The Morgan fingerprint density at radius 2 is 2.00 bits per heavy atom. The summed E-state index contributed by atoms with van der Waals surface area (Å²) in [5.41, 5.74) is 4.55. The maximum absolute atomic E-state index is 9.08. The third-order valence-corrected chi connectivity index (χ3v) is 6.26. The van der Waals surface area contributed by atoms with E-state index in [0.717, 1.165) is 43.7 Å². The Bertz CT molecular complexity index is 1100. The second-order valence-corrected chi connectivity index (χ2v) is 9.34. The molecule has 4 rings (SSSR count). The van der Waals surface area contributed by atoms with Gasteiger partial charge in [-0.1, -0.05) is 7.92 Å². The van der Waals surface area contributed by atoms with Gasteiger partial charge in [0, 0.05) is 22.4 Å². The molecule has 0 aliphatic heterocycles. The molecule has 8 heteroatoms. The number of nitrogens with zero attached hydrogens (tertiary/aromatic N) is 3. The molecule has 2 aromatic heterocycles. The highest BCUT2D eigenvalue weighted by molar-refractivity contribution is 7.64. The monoisotopic (exact) mass is 398 g/mol. The lowest BCUT2D eigenvalue weighted by molar-refractivity contribution is 0.202. The van der Waals surface area contributed by atoms with Gasteiger partial charge in [-0.15, -0.1) is 11.3 Å². The number of hydrogen-bond acceptors (Lipinski definition) is 7. The highest BCUT2D eigenvalue weighted by Gasteiger charge is 2.14. The molecule has 0 aliphatic carbocycles. The lowest BCUT2D eigenvalue weighted by Crippen LogP contribution is -2.11. The standard InChI is InChI=1S/C19H19N4O2PS/c1-26(2)17-8-13-14(9-16(17)25-6-5-24)20-10-21-19(13)23-12-3-4-18-15(7-12)22-11-27-18/h3-4,7-11,24H,5-6H2,1-2H3,(H,20,21,23). The highest BCUT2D eigenvalue weighted by Crippen LogP contribution is 2.34. The second-order valence-electron chi connectivity index (χ2n) is 6.19. The van der Waals surface area contributed by atoms with E-state index in [-0.39, 0.29) is 13.2 Å². The predicted molar refractivity (Wildman–Crippen MR) is 113 cm³/mol. The van der Waals surface area contributed by atoms with Gasteiger partial charge >= 0.3 is 0 Å². The first-order chi connectivity index (χ1) is 13.2. The number of aromatic nitrogens is 3. The van der Waals surface area contributed by atoms with Crippen molar-refractivity contribution in [2.24, 2.45) is 0 Å². The molecule has 0 atom stereocenters. The van der Waals surface area contributed by atoms with Gasteiger partial charge in [0.2, 0.25) is 0 Å². The first kappa shape index (κ1) is 18.0. The minimum absolute atomic E-state index is 0.0154. The van der Waals surface area contributed by atoms with Crippen LogP contribution >= 0.6 is 19.3 Å². The minimum Gasteiger partial charge on any atom is -0.490 e. The van der Waals surface area contributed by atoms with Crippen LogP contribution in [-0.4, -0.2) is 46.6 Å². The van der Waals surface area contributed by atoms with Crippen LogP contribution in [0.15, 0.2) is 42.2 Å². The van der Waals surface area contributed by atoms with E-state index < -0.39 is 7.92 Å². The van der Waals surface area contributed by atoms with E-state index in [1.807, 2.05) is 23.7 Å². The third-order valence-electron chi connectivity index (χ3n) is 4.14. The zero-order valence-electron chi connectivity index (χ0n) is 15.0. The normalized spacial score (nSPS) is 11.4. The van der Waals surface area contributed by atoms with Crippen molar-refractivity contribution in [1.29, 1.82) is 0 Å². The second kappa shape index (κ2) is 7.72. The van der Waals surface area contributed by atoms with Gasteiger partial charge in [-0.2, -0.15) is 0 Å². The van der Waals surface area contributed by atoms with Crippen LogP contribution in [0, 0.1) is 0 Å². The van der Waals surface area contributed by atoms with E-state index in [9.17, 15) is 0 Å². The molecule has 0 unspecified atom stereocenters. The van der Waals surface area contributed by atoms with E-state index in [2.05, 4.69) is 45.7 Å². The van der Waals surface area contributed by atoms with Crippen LogP contribution in [-0.2, 0) is 0 Å². The van der Waals surface area contributed by atoms with Crippen LogP contribution in [0.2, 0.25) is 0 Å². The Labute approximate surface area is 162 Å². The number of fused-ring (bicyclic) bond motifs is 2. The molecule has 4 aromatic rings. The van der Waals surface area contributed by atoms with Gasteiger partial charge in [0.05, 0.1) is 27.9 Å². The molecule has 0 bridgehead atoms. The molecule has 0 spiro atoms. The minimum atomic E-state index is -0.393. The van der Waals surface area contributed by atoms with Crippen molar-refractivity contribution in [1.82, 2.24) is 15.0 Å². The van der Waals surface area contributed by atoms with E-state index in [0.29, 0.717) is 0 Å². The summed E-state index contributed by atoms with van der Waals surface area (Å²) in [4.78, 5) is 13.2. The quantitative estimate of drug-likeness (QED) is 0.482. The van der Waals surface area contributed by atoms with Crippen molar-refractivity contribution in [2.75, 3.05) is 31.9 Å². The summed E-state index contributed by atoms with van der Waals surface area (Å²) < 4.78 is 6.89. The Hall–Kier alpha value is -2.34.